The van der Waals surface area contributed by atoms with E-state index in [2.05, 4.69) is 69.3 Å². The fraction of sp³-hybridized carbons (Fsp3) is 0.636. The molecule has 3 rings (SSSR count). The molecule has 1 N–H and O–H groups in total. The van der Waals surface area contributed by atoms with Gasteiger partial charge in [-0.15, -0.1) is 0 Å². The maximum absolute atomic E-state index is 11.1. The van der Waals surface area contributed by atoms with Crippen LogP contribution in [0.15, 0.2) is 60.7 Å². The molecule has 1 heterocycles. The summed E-state index contributed by atoms with van der Waals surface area (Å²) in [5, 5.41) is 13.3. The van der Waals surface area contributed by atoms with Gasteiger partial charge in [-0.3, -0.25) is 0 Å². The maximum atomic E-state index is 11.1. The topological polar surface area (TPSA) is 94.1 Å². The van der Waals surface area contributed by atoms with Crippen molar-refractivity contribution in [2.75, 3.05) is 74.1 Å². The Hall–Kier alpha value is -1.70. The van der Waals surface area contributed by atoms with Gasteiger partial charge in [0.25, 0.3) is 8.32 Å². The summed E-state index contributed by atoms with van der Waals surface area (Å²) in [6.07, 6.45) is 0.0832. The van der Waals surface area contributed by atoms with Gasteiger partial charge >= 0.3 is 0 Å². The van der Waals surface area contributed by atoms with Gasteiger partial charge in [-0.2, -0.15) is 0 Å². The third-order valence-electron chi connectivity index (χ3n) is 7.98. The van der Waals surface area contributed by atoms with Crippen LogP contribution >= 0.6 is 0 Å². The number of rotatable bonds is 21. The van der Waals surface area contributed by atoms with Crippen LogP contribution < -0.4 is 10.4 Å². The van der Waals surface area contributed by atoms with Crippen molar-refractivity contribution >= 4 is 18.7 Å². The second-order valence-electron chi connectivity index (χ2n) is 11.8. The molecule has 2 aromatic rings. The normalized spacial score (nSPS) is 21.0. The van der Waals surface area contributed by atoms with E-state index in [0.717, 1.165) is 0 Å². The van der Waals surface area contributed by atoms with Gasteiger partial charge in [-0.25, -0.2) is 0 Å². The van der Waals surface area contributed by atoms with Crippen molar-refractivity contribution in [3.8, 4) is 0 Å². The molecule has 10 heteroatoms. The lowest BCUT2D eigenvalue weighted by Gasteiger charge is -2.43. The number of hydrogen-bond donors (Lipinski definition) is 1. The van der Waals surface area contributed by atoms with Crippen LogP contribution in [0.1, 0.15) is 33.6 Å². The smallest absolute Gasteiger partial charge is 0.261 e. The minimum Gasteiger partial charge on any atom is -0.405 e. The third kappa shape index (κ3) is 10.4. The van der Waals surface area contributed by atoms with Crippen LogP contribution in [-0.4, -0.2) is 99.9 Å². The van der Waals surface area contributed by atoms with Gasteiger partial charge < -0.3 is 42.7 Å². The Labute approximate surface area is 258 Å². The monoisotopic (exact) mass is 620 g/mol. The molecule has 0 amide bonds. The first-order valence-electron chi connectivity index (χ1n) is 15.2. The second-order valence-corrected chi connectivity index (χ2v) is 16.1. The number of benzene rings is 2. The van der Waals surface area contributed by atoms with Gasteiger partial charge in [0.05, 0.1) is 39.1 Å². The summed E-state index contributed by atoms with van der Waals surface area (Å²) in [6, 6.07) is 21.1. The van der Waals surface area contributed by atoms with E-state index < -0.39 is 14.6 Å². The molecule has 1 fully saturated rings. The Morgan fingerprint density at radius 1 is 0.674 bits per heavy atom. The molecule has 0 aromatic heterocycles. The van der Waals surface area contributed by atoms with E-state index in [1.807, 2.05) is 12.1 Å². The summed E-state index contributed by atoms with van der Waals surface area (Å²) >= 11 is 0. The van der Waals surface area contributed by atoms with Crippen LogP contribution in [-0.2, 0) is 37.6 Å². The number of methoxy groups -OCH3 is 2. The van der Waals surface area contributed by atoms with Gasteiger partial charge in [0, 0.05) is 33.4 Å². The zero-order valence-electron chi connectivity index (χ0n) is 26.6. The Balaban J connectivity index is 1.75. The Morgan fingerprint density at radius 2 is 1.14 bits per heavy atom. The lowest BCUT2D eigenvalue weighted by atomic mass is 9.85. The highest BCUT2D eigenvalue weighted by Crippen LogP contribution is 2.40. The van der Waals surface area contributed by atoms with Crippen LogP contribution in [0.4, 0.5) is 0 Å². The van der Waals surface area contributed by atoms with Crippen LogP contribution in [0.3, 0.4) is 0 Å². The van der Waals surface area contributed by atoms with Crippen LogP contribution in [0.2, 0.25) is 5.04 Å². The molecule has 2 aromatic carbocycles. The molecule has 0 bridgehead atoms. The van der Waals surface area contributed by atoms with E-state index in [1.54, 1.807) is 14.2 Å². The molecular weight excluding hydrogens is 568 g/mol. The molecule has 9 nitrogen and oxygen atoms in total. The molecule has 1 saturated heterocycles. The summed E-state index contributed by atoms with van der Waals surface area (Å²) in [5.74, 6) is -0.130. The first kappa shape index (κ1) is 35.8. The fourth-order valence-corrected chi connectivity index (χ4v) is 10.4. The van der Waals surface area contributed by atoms with Gasteiger partial charge in [-0.05, 0) is 34.2 Å². The van der Waals surface area contributed by atoms with Crippen molar-refractivity contribution in [2.45, 2.75) is 51.0 Å². The highest BCUT2D eigenvalue weighted by atomic mass is 28.4. The van der Waals surface area contributed by atoms with Crippen molar-refractivity contribution in [1.29, 1.82) is 0 Å². The molecule has 0 saturated carbocycles. The van der Waals surface area contributed by atoms with Gasteiger partial charge in [0.1, 0.15) is 13.6 Å². The van der Waals surface area contributed by atoms with Crippen molar-refractivity contribution in [2.24, 2.45) is 11.8 Å². The number of ether oxygens (including phenoxy) is 7. The summed E-state index contributed by atoms with van der Waals surface area (Å²) in [5.41, 5.74) is 0. The first-order chi connectivity index (χ1) is 20.8. The Morgan fingerprint density at radius 3 is 1.60 bits per heavy atom. The number of aliphatic hydroxyl groups excluding tert-OH is 1. The molecule has 1 unspecified atom stereocenters. The lowest BCUT2D eigenvalue weighted by molar-refractivity contribution is -0.121. The predicted octanol–water partition coefficient (Wildman–Crippen LogP) is 3.57. The molecule has 0 aliphatic carbocycles. The van der Waals surface area contributed by atoms with Gasteiger partial charge in [-0.1, -0.05) is 81.4 Å². The van der Waals surface area contributed by atoms with Gasteiger partial charge in [0.15, 0.2) is 6.29 Å². The molecular formula is C33H52O9Si. The molecule has 242 valence electrons. The Kier molecular flexibility index (Phi) is 15.8. The molecule has 1 aliphatic heterocycles. The van der Waals surface area contributed by atoms with E-state index >= 15 is 0 Å². The van der Waals surface area contributed by atoms with E-state index in [4.69, 9.17) is 37.6 Å². The highest BCUT2D eigenvalue weighted by Gasteiger charge is 2.52. The summed E-state index contributed by atoms with van der Waals surface area (Å²) in [4.78, 5) is 0. The zero-order chi connectivity index (χ0) is 31.0. The van der Waals surface area contributed by atoms with Crippen LogP contribution in [0.25, 0.3) is 0 Å². The third-order valence-corrected chi connectivity index (χ3v) is 13.0. The summed E-state index contributed by atoms with van der Waals surface area (Å²) in [7, 11) is 0.502. The maximum Gasteiger partial charge on any atom is 0.261 e. The number of aliphatic hydroxyl groups is 1. The average Bonchev–Trinajstić information content (AvgIpc) is 3.30. The average molecular weight is 621 g/mol. The lowest BCUT2D eigenvalue weighted by Crippen LogP contribution is -2.67. The van der Waals surface area contributed by atoms with E-state index in [9.17, 15) is 5.11 Å². The predicted molar refractivity (Wildman–Crippen MR) is 168 cm³/mol. The highest BCUT2D eigenvalue weighted by molar-refractivity contribution is 6.99. The van der Waals surface area contributed by atoms with Crippen LogP contribution in [0.5, 0.6) is 0 Å². The van der Waals surface area contributed by atoms with Crippen molar-refractivity contribution in [1.82, 2.24) is 0 Å². The molecule has 0 spiro atoms. The second kappa shape index (κ2) is 19.0. The SMILES string of the molecule is COCCOCOCC[C@@H]1[C@@H](CO[Si](c2ccccc2)(c2ccccc2)C(C)(C)C)OC(O)[C@@H]1CCOCOCCOC. The van der Waals surface area contributed by atoms with Gasteiger partial charge in [0.2, 0.25) is 0 Å². The molecule has 1 aliphatic rings. The first-order valence-corrected chi connectivity index (χ1v) is 17.1. The largest absolute Gasteiger partial charge is 0.405 e. The summed E-state index contributed by atoms with van der Waals surface area (Å²) in [6.45, 7) is 10.4. The zero-order valence-corrected chi connectivity index (χ0v) is 27.6. The molecule has 43 heavy (non-hydrogen) atoms. The standard InChI is InChI=1S/C33H52O9Si/c1-33(2,3)43(27-12-8-6-9-13-27,28-14-10-7-11-15-28)41-24-31-29(16-18-37-25-39-22-20-35-4)30(32(34)42-31)17-19-38-26-40-23-21-36-5/h6-15,29-32,34H,16-26H2,1-5H3/t29-,30+,31+,32?/m0/s1. The summed E-state index contributed by atoms with van der Waals surface area (Å²) < 4.78 is 45.8. The fourth-order valence-electron chi connectivity index (χ4n) is 5.83. The quantitative estimate of drug-likeness (QED) is 0.128. The minimum atomic E-state index is -2.77. The number of hydrogen-bond acceptors (Lipinski definition) is 9. The van der Waals surface area contributed by atoms with Crippen molar-refractivity contribution in [3.63, 3.8) is 0 Å². The van der Waals surface area contributed by atoms with E-state index in [-0.39, 0.29) is 36.6 Å². The molecule has 4 atom stereocenters. The Bertz CT molecular complexity index is 949. The molecule has 0 radical (unpaired) electrons. The van der Waals surface area contributed by atoms with E-state index in [1.165, 1.54) is 10.4 Å². The van der Waals surface area contributed by atoms with Crippen molar-refractivity contribution < 1.29 is 42.7 Å². The van der Waals surface area contributed by atoms with E-state index in [0.29, 0.717) is 59.1 Å². The van der Waals surface area contributed by atoms with Crippen LogP contribution in [0, 0.1) is 11.8 Å². The minimum absolute atomic E-state index is 0.00481. The van der Waals surface area contributed by atoms with Crippen molar-refractivity contribution in [3.05, 3.63) is 60.7 Å².